The molecule has 1 aromatic heterocycles. The van der Waals surface area contributed by atoms with E-state index in [0.29, 0.717) is 0 Å². The first-order chi connectivity index (χ1) is 9.45. The summed E-state index contributed by atoms with van der Waals surface area (Å²) in [6, 6.07) is 7.33. The molecular formula is C13H9F3N2O2. The van der Waals surface area contributed by atoms with Crippen LogP contribution in [0.3, 0.4) is 0 Å². The van der Waals surface area contributed by atoms with Gasteiger partial charge in [0.25, 0.3) is 0 Å². The molecule has 0 radical (unpaired) electrons. The minimum Gasteiger partial charge on any atom is -0.408 e. The topological polar surface area (TPSA) is 51.2 Å². The van der Waals surface area contributed by atoms with Crippen LogP contribution in [0.2, 0.25) is 0 Å². The monoisotopic (exact) mass is 282 g/mol. The SMILES string of the molecule is O=C(Nc1cccc(C(F)(F)F)c1)Oc1cccnc1. The Kier molecular flexibility index (Phi) is 3.88. The second-order valence-electron chi connectivity index (χ2n) is 3.78. The molecule has 0 saturated carbocycles. The molecule has 0 spiro atoms. The molecule has 1 aromatic carbocycles. The maximum Gasteiger partial charge on any atom is 0.417 e. The van der Waals surface area contributed by atoms with Crippen LogP contribution in [0.15, 0.2) is 48.8 Å². The number of pyridine rings is 1. The van der Waals surface area contributed by atoms with Crippen LogP contribution in [0.5, 0.6) is 5.75 Å². The van der Waals surface area contributed by atoms with Crippen LogP contribution in [0, 0.1) is 0 Å². The third-order valence-electron chi connectivity index (χ3n) is 2.28. The third-order valence-corrected chi connectivity index (χ3v) is 2.28. The highest BCUT2D eigenvalue weighted by molar-refractivity contribution is 5.86. The van der Waals surface area contributed by atoms with E-state index in [2.05, 4.69) is 10.3 Å². The van der Waals surface area contributed by atoms with Crippen molar-refractivity contribution in [3.8, 4) is 5.75 Å². The maximum atomic E-state index is 12.5. The van der Waals surface area contributed by atoms with E-state index in [4.69, 9.17) is 4.74 Å². The molecule has 0 fully saturated rings. The summed E-state index contributed by atoms with van der Waals surface area (Å²) in [7, 11) is 0. The number of anilines is 1. The molecule has 2 rings (SSSR count). The van der Waals surface area contributed by atoms with Crippen molar-refractivity contribution in [2.24, 2.45) is 0 Å². The number of carbonyl (C=O) groups is 1. The standard InChI is InChI=1S/C13H9F3N2O2/c14-13(15,16)9-3-1-4-10(7-9)18-12(19)20-11-5-2-6-17-8-11/h1-8H,(H,18,19). The number of benzene rings is 1. The van der Waals surface area contributed by atoms with Gasteiger partial charge in [0.05, 0.1) is 11.8 Å². The maximum absolute atomic E-state index is 12.5. The zero-order chi connectivity index (χ0) is 14.6. The highest BCUT2D eigenvalue weighted by Crippen LogP contribution is 2.30. The molecule has 0 saturated heterocycles. The van der Waals surface area contributed by atoms with Crippen molar-refractivity contribution >= 4 is 11.8 Å². The Hall–Kier alpha value is -2.57. The lowest BCUT2D eigenvalue weighted by atomic mass is 10.2. The van der Waals surface area contributed by atoms with Gasteiger partial charge in [0.2, 0.25) is 0 Å². The molecule has 1 N–H and O–H groups in total. The van der Waals surface area contributed by atoms with Crippen LogP contribution in [-0.4, -0.2) is 11.1 Å². The van der Waals surface area contributed by atoms with Crippen LogP contribution >= 0.6 is 0 Å². The normalized spacial score (nSPS) is 10.9. The Morgan fingerprint density at radius 3 is 2.65 bits per heavy atom. The van der Waals surface area contributed by atoms with E-state index in [0.717, 1.165) is 12.1 Å². The van der Waals surface area contributed by atoms with Gasteiger partial charge in [0.1, 0.15) is 0 Å². The van der Waals surface area contributed by atoms with Crippen LogP contribution in [0.1, 0.15) is 5.56 Å². The Bertz CT molecular complexity index is 600. The van der Waals surface area contributed by atoms with E-state index < -0.39 is 17.8 Å². The number of aromatic nitrogens is 1. The van der Waals surface area contributed by atoms with Crippen LogP contribution in [0.25, 0.3) is 0 Å². The summed E-state index contributed by atoms with van der Waals surface area (Å²) in [5, 5.41) is 2.21. The number of amides is 1. The minimum absolute atomic E-state index is 0.00582. The molecular weight excluding hydrogens is 273 g/mol. The molecule has 0 bridgehead atoms. The molecule has 0 aliphatic carbocycles. The van der Waals surface area contributed by atoms with E-state index in [1.54, 1.807) is 6.07 Å². The lowest BCUT2D eigenvalue weighted by Crippen LogP contribution is -2.17. The van der Waals surface area contributed by atoms with Gasteiger partial charge in [-0.05, 0) is 30.3 Å². The second-order valence-corrected chi connectivity index (χ2v) is 3.78. The molecule has 20 heavy (non-hydrogen) atoms. The molecule has 7 heteroatoms. The van der Waals surface area contributed by atoms with Crippen molar-refractivity contribution in [1.29, 1.82) is 0 Å². The summed E-state index contributed by atoms with van der Waals surface area (Å²) < 4.78 is 42.3. The summed E-state index contributed by atoms with van der Waals surface area (Å²) in [6.45, 7) is 0. The lowest BCUT2D eigenvalue weighted by Gasteiger charge is -2.09. The first-order valence-electron chi connectivity index (χ1n) is 5.51. The minimum atomic E-state index is -4.47. The lowest BCUT2D eigenvalue weighted by molar-refractivity contribution is -0.137. The molecule has 1 heterocycles. The van der Waals surface area contributed by atoms with E-state index >= 15 is 0 Å². The Balaban J connectivity index is 2.05. The molecule has 0 atom stereocenters. The van der Waals surface area contributed by atoms with Crippen molar-refractivity contribution < 1.29 is 22.7 Å². The predicted octanol–water partition coefficient (Wildman–Crippen LogP) is 3.71. The number of hydrogen-bond acceptors (Lipinski definition) is 3. The fourth-order valence-corrected chi connectivity index (χ4v) is 1.43. The molecule has 1 amide bonds. The average Bonchev–Trinajstić information content (AvgIpc) is 2.39. The summed E-state index contributed by atoms with van der Waals surface area (Å²) >= 11 is 0. The molecule has 0 unspecified atom stereocenters. The average molecular weight is 282 g/mol. The van der Waals surface area contributed by atoms with Gasteiger partial charge in [0, 0.05) is 11.9 Å². The third kappa shape index (κ3) is 3.71. The fourth-order valence-electron chi connectivity index (χ4n) is 1.43. The summed E-state index contributed by atoms with van der Waals surface area (Å²) in [4.78, 5) is 15.2. The molecule has 2 aromatic rings. The largest absolute Gasteiger partial charge is 0.417 e. The van der Waals surface area contributed by atoms with Gasteiger partial charge in [-0.3, -0.25) is 10.3 Å². The summed E-state index contributed by atoms with van der Waals surface area (Å²) in [6.07, 6.45) is -2.55. The van der Waals surface area contributed by atoms with Gasteiger partial charge in [0.15, 0.2) is 5.75 Å². The Labute approximate surface area is 112 Å². The quantitative estimate of drug-likeness (QED) is 0.913. The van der Waals surface area contributed by atoms with E-state index in [9.17, 15) is 18.0 Å². The number of carbonyl (C=O) groups excluding carboxylic acids is 1. The Morgan fingerprint density at radius 1 is 1.20 bits per heavy atom. The second kappa shape index (κ2) is 5.60. The number of halogens is 3. The van der Waals surface area contributed by atoms with Gasteiger partial charge in [-0.15, -0.1) is 0 Å². The van der Waals surface area contributed by atoms with Crippen molar-refractivity contribution in [3.05, 3.63) is 54.4 Å². The highest BCUT2D eigenvalue weighted by atomic mass is 19.4. The number of alkyl halides is 3. The first kappa shape index (κ1) is 13.9. The van der Waals surface area contributed by atoms with Gasteiger partial charge in [-0.1, -0.05) is 6.07 Å². The zero-order valence-electron chi connectivity index (χ0n) is 10.0. The van der Waals surface area contributed by atoms with E-state index in [1.165, 1.54) is 30.6 Å². The highest BCUT2D eigenvalue weighted by Gasteiger charge is 2.30. The number of rotatable bonds is 2. The van der Waals surface area contributed by atoms with Crippen LogP contribution < -0.4 is 10.1 Å². The van der Waals surface area contributed by atoms with E-state index in [-0.39, 0.29) is 11.4 Å². The van der Waals surface area contributed by atoms with Crippen molar-refractivity contribution in [1.82, 2.24) is 4.98 Å². The number of hydrogen-bond donors (Lipinski definition) is 1. The predicted molar refractivity (Wildman–Crippen MR) is 65.3 cm³/mol. The summed E-state index contributed by atoms with van der Waals surface area (Å²) in [5.41, 5.74) is -0.856. The molecule has 0 aliphatic heterocycles. The Morgan fingerprint density at radius 2 is 2.00 bits per heavy atom. The van der Waals surface area contributed by atoms with Gasteiger partial charge in [-0.2, -0.15) is 13.2 Å². The van der Waals surface area contributed by atoms with Gasteiger partial charge >= 0.3 is 12.3 Å². The first-order valence-corrected chi connectivity index (χ1v) is 5.51. The van der Waals surface area contributed by atoms with E-state index in [1.807, 2.05) is 0 Å². The number of nitrogens with one attached hydrogen (secondary N) is 1. The van der Waals surface area contributed by atoms with Gasteiger partial charge in [-0.25, -0.2) is 4.79 Å². The van der Waals surface area contributed by atoms with Crippen molar-refractivity contribution in [2.75, 3.05) is 5.32 Å². The molecule has 104 valence electrons. The van der Waals surface area contributed by atoms with Crippen molar-refractivity contribution in [3.63, 3.8) is 0 Å². The number of ether oxygens (including phenoxy) is 1. The van der Waals surface area contributed by atoms with Crippen LogP contribution in [0.4, 0.5) is 23.7 Å². The van der Waals surface area contributed by atoms with Gasteiger partial charge < -0.3 is 4.74 Å². The summed E-state index contributed by atoms with van der Waals surface area (Å²) in [5.74, 6) is 0.192. The molecule has 0 aliphatic rings. The molecule has 4 nitrogen and oxygen atoms in total. The van der Waals surface area contributed by atoms with Crippen LogP contribution in [-0.2, 0) is 6.18 Å². The fraction of sp³-hybridized carbons (Fsp3) is 0.0769. The van der Waals surface area contributed by atoms with Crippen molar-refractivity contribution in [2.45, 2.75) is 6.18 Å². The zero-order valence-corrected chi connectivity index (χ0v) is 10.0. The smallest absolute Gasteiger partial charge is 0.408 e. The number of nitrogens with zero attached hydrogens (tertiary/aromatic N) is 1.